The van der Waals surface area contributed by atoms with Gasteiger partial charge in [-0.3, -0.25) is 0 Å². The maximum Gasteiger partial charge on any atom is 0.156 e. The van der Waals surface area contributed by atoms with Crippen LogP contribution >= 0.6 is 11.6 Å². The average molecular weight is 246 g/mol. The summed E-state index contributed by atoms with van der Waals surface area (Å²) in [5, 5.41) is 14.4. The van der Waals surface area contributed by atoms with Gasteiger partial charge in [-0.25, -0.2) is 4.39 Å². The topological polar surface area (TPSA) is 70.6 Å². The van der Waals surface area contributed by atoms with Crippen LogP contribution in [0.4, 0.5) is 4.39 Å². The lowest BCUT2D eigenvalue weighted by Gasteiger charge is -2.12. The molecule has 0 spiro atoms. The van der Waals surface area contributed by atoms with Crippen molar-refractivity contribution in [2.45, 2.75) is 19.5 Å². The Bertz CT molecular complexity index is 398. The maximum absolute atomic E-state index is 12.9. The first-order valence-electron chi connectivity index (χ1n) is 4.69. The number of amidine groups is 1. The minimum atomic E-state index is -0.449. The summed E-state index contributed by atoms with van der Waals surface area (Å²) in [5.74, 6) is -0.358. The first kappa shape index (κ1) is 12.7. The molecular formula is C10H13ClFN3O. The van der Waals surface area contributed by atoms with Gasteiger partial charge in [-0.15, -0.1) is 0 Å². The Hall–Kier alpha value is -1.33. The first-order valence-corrected chi connectivity index (χ1v) is 5.07. The van der Waals surface area contributed by atoms with Crippen molar-refractivity contribution in [2.75, 3.05) is 0 Å². The molecule has 0 heterocycles. The van der Waals surface area contributed by atoms with E-state index in [2.05, 4.69) is 10.5 Å². The highest BCUT2D eigenvalue weighted by molar-refractivity contribution is 6.30. The molecule has 0 radical (unpaired) electrons. The number of rotatable bonds is 4. The molecule has 4 nitrogen and oxygen atoms in total. The molecule has 1 atom stereocenters. The van der Waals surface area contributed by atoms with Crippen LogP contribution in [0.2, 0.25) is 5.02 Å². The van der Waals surface area contributed by atoms with Crippen LogP contribution in [0.3, 0.4) is 0 Å². The summed E-state index contributed by atoms with van der Waals surface area (Å²) < 4.78 is 12.9. The van der Waals surface area contributed by atoms with Gasteiger partial charge in [0.2, 0.25) is 0 Å². The number of nitrogens with one attached hydrogen (secondary N) is 1. The molecule has 0 bridgehead atoms. The Balaban J connectivity index is 2.58. The van der Waals surface area contributed by atoms with Crippen LogP contribution in [-0.2, 0) is 6.54 Å². The van der Waals surface area contributed by atoms with Gasteiger partial charge in [-0.05, 0) is 24.6 Å². The normalized spacial score (nSPS) is 13.8. The van der Waals surface area contributed by atoms with Crippen LogP contribution in [0.5, 0.6) is 0 Å². The summed E-state index contributed by atoms with van der Waals surface area (Å²) in [7, 11) is 0. The molecule has 0 aromatic heterocycles. The number of hydrogen-bond donors (Lipinski definition) is 3. The number of nitrogens with zero attached hydrogens (tertiary/aromatic N) is 1. The van der Waals surface area contributed by atoms with Crippen molar-refractivity contribution in [2.24, 2.45) is 10.9 Å². The van der Waals surface area contributed by atoms with E-state index in [4.69, 9.17) is 22.5 Å². The van der Waals surface area contributed by atoms with Gasteiger partial charge >= 0.3 is 0 Å². The number of oxime groups is 1. The van der Waals surface area contributed by atoms with E-state index in [0.717, 1.165) is 5.56 Å². The highest BCUT2D eigenvalue weighted by Crippen LogP contribution is 2.15. The van der Waals surface area contributed by atoms with Gasteiger partial charge in [0.25, 0.3) is 0 Å². The number of nitrogens with two attached hydrogens (primary N) is 1. The van der Waals surface area contributed by atoms with Gasteiger partial charge < -0.3 is 16.3 Å². The van der Waals surface area contributed by atoms with Gasteiger partial charge in [0.15, 0.2) is 5.84 Å². The van der Waals surface area contributed by atoms with Gasteiger partial charge in [-0.2, -0.15) is 0 Å². The molecule has 88 valence electrons. The smallest absolute Gasteiger partial charge is 0.156 e. The summed E-state index contributed by atoms with van der Waals surface area (Å²) in [4.78, 5) is 0. The van der Waals surface area contributed by atoms with E-state index >= 15 is 0 Å². The average Bonchev–Trinajstić information content (AvgIpc) is 2.29. The molecule has 0 amide bonds. The monoisotopic (exact) mass is 245 g/mol. The lowest BCUT2D eigenvalue weighted by Crippen LogP contribution is -2.38. The molecule has 0 aliphatic heterocycles. The minimum Gasteiger partial charge on any atom is -0.409 e. The lowest BCUT2D eigenvalue weighted by molar-refractivity contribution is 0.315. The van der Waals surface area contributed by atoms with Crippen molar-refractivity contribution < 1.29 is 9.60 Å². The molecule has 16 heavy (non-hydrogen) atoms. The number of hydrogen-bond acceptors (Lipinski definition) is 3. The molecule has 0 saturated carbocycles. The Labute approximate surface area is 97.9 Å². The van der Waals surface area contributed by atoms with Gasteiger partial charge in [-0.1, -0.05) is 22.8 Å². The van der Waals surface area contributed by atoms with E-state index in [-0.39, 0.29) is 16.9 Å². The molecule has 4 N–H and O–H groups in total. The Morgan fingerprint density at radius 1 is 1.69 bits per heavy atom. The predicted molar refractivity (Wildman–Crippen MR) is 61.1 cm³/mol. The summed E-state index contributed by atoms with van der Waals surface area (Å²) in [6, 6.07) is 4.18. The van der Waals surface area contributed by atoms with Crippen molar-refractivity contribution >= 4 is 17.4 Å². The molecule has 6 heteroatoms. The Morgan fingerprint density at radius 3 is 2.94 bits per heavy atom. The Morgan fingerprint density at radius 2 is 2.38 bits per heavy atom. The van der Waals surface area contributed by atoms with Gasteiger partial charge in [0, 0.05) is 6.54 Å². The molecule has 1 unspecified atom stereocenters. The highest BCUT2D eigenvalue weighted by atomic mass is 35.5. The zero-order chi connectivity index (χ0) is 12.1. The molecule has 0 aliphatic carbocycles. The summed E-state index contributed by atoms with van der Waals surface area (Å²) in [6.45, 7) is 2.21. The van der Waals surface area contributed by atoms with E-state index in [1.165, 1.54) is 12.1 Å². The highest BCUT2D eigenvalue weighted by Gasteiger charge is 2.07. The maximum atomic E-state index is 12.9. The van der Waals surface area contributed by atoms with E-state index in [9.17, 15) is 4.39 Å². The van der Waals surface area contributed by atoms with Gasteiger partial charge in [0.1, 0.15) is 5.82 Å². The summed E-state index contributed by atoms with van der Waals surface area (Å²) in [6.07, 6.45) is 0. The summed E-state index contributed by atoms with van der Waals surface area (Å²) >= 11 is 5.63. The van der Waals surface area contributed by atoms with E-state index in [0.29, 0.717) is 6.54 Å². The quantitative estimate of drug-likeness (QED) is 0.327. The summed E-state index contributed by atoms with van der Waals surface area (Å²) in [5.41, 5.74) is 6.21. The second-order valence-electron chi connectivity index (χ2n) is 3.38. The largest absolute Gasteiger partial charge is 0.409 e. The second-order valence-corrected chi connectivity index (χ2v) is 3.78. The SMILES string of the molecule is CC(NCc1ccc(F)c(Cl)c1)C(N)=NO. The molecule has 0 aliphatic rings. The Kier molecular flexibility index (Phi) is 4.52. The molecule has 1 aromatic carbocycles. The third-order valence-corrected chi connectivity index (χ3v) is 2.45. The molecular weight excluding hydrogens is 233 g/mol. The minimum absolute atomic E-state index is 0.0794. The number of halogens is 2. The zero-order valence-electron chi connectivity index (χ0n) is 8.74. The van der Waals surface area contributed by atoms with Gasteiger partial charge in [0.05, 0.1) is 11.1 Å². The van der Waals surface area contributed by atoms with Crippen molar-refractivity contribution in [3.63, 3.8) is 0 Å². The third kappa shape index (κ3) is 3.36. The van der Waals surface area contributed by atoms with Crippen molar-refractivity contribution in [3.8, 4) is 0 Å². The van der Waals surface area contributed by atoms with Crippen LogP contribution < -0.4 is 11.1 Å². The fourth-order valence-corrected chi connectivity index (χ4v) is 1.31. The van der Waals surface area contributed by atoms with E-state index in [1.54, 1.807) is 13.0 Å². The third-order valence-electron chi connectivity index (χ3n) is 2.16. The fraction of sp³-hybridized carbons (Fsp3) is 0.300. The van der Waals surface area contributed by atoms with Crippen molar-refractivity contribution in [3.05, 3.63) is 34.6 Å². The predicted octanol–water partition coefficient (Wildman–Crippen LogP) is 1.70. The fourth-order valence-electron chi connectivity index (χ4n) is 1.11. The first-order chi connectivity index (χ1) is 7.54. The molecule has 0 saturated heterocycles. The number of benzene rings is 1. The van der Waals surface area contributed by atoms with Crippen LogP contribution in [0, 0.1) is 5.82 Å². The van der Waals surface area contributed by atoms with Crippen molar-refractivity contribution in [1.82, 2.24) is 5.32 Å². The van der Waals surface area contributed by atoms with Crippen LogP contribution in [0.25, 0.3) is 0 Å². The molecule has 0 fully saturated rings. The standard InChI is InChI=1S/C10H13ClFN3O/c1-6(10(13)15-16)14-5-7-2-3-9(12)8(11)4-7/h2-4,6,14,16H,5H2,1H3,(H2,13,15). The van der Waals surface area contributed by atoms with Crippen molar-refractivity contribution in [1.29, 1.82) is 0 Å². The van der Waals surface area contributed by atoms with E-state index < -0.39 is 5.82 Å². The van der Waals surface area contributed by atoms with Crippen LogP contribution in [0.1, 0.15) is 12.5 Å². The second kappa shape index (κ2) is 5.67. The zero-order valence-corrected chi connectivity index (χ0v) is 9.50. The van der Waals surface area contributed by atoms with Crippen LogP contribution in [-0.4, -0.2) is 17.1 Å². The van der Waals surface area contributed by atoms with E-state index in [1.807, 2.05) is 0 Å². The lowest BCUT2D eigenvalue weighted by atomic mass is 10.2. The molecule has 1 rings (SSSR count). The van der Waals surface area contributed by atoms with Crippen LogP contribution in [0.15, 0.2) is 23.4 Å². The molecule has 1 aromatic rings.